The van der Waals surface area contributed by atoms with Crippen LogP contribution >= 0.6 is 15.9 Å². The Hall–Kier alpha value is -2.19. The number of fused-ring (bicyclic) bond motifs is 3. The number of hydrogen-bond acceptors (Lipinski definition) is 5. The van der Waals surface area contributed by atoms with E-state index in [0.717, 1.165) is 28.3 Å². The second-order valence-corrected chi connectivity index (χ2v) is 9.06. The molecule has 0 saturated carbocycles. The van der Waals surface area contributed by atoms with Crippen LogP contribution in [-0.4, -0.2) is 37.8 Å². The number of H-pyrrole nitrogens is 1. The van der Waals surface area contributed by atoms with Crippen molar-refractivity contribution in [3.05, 3.63) is 40.4 Å². The van der Waals surface area contributed by atoms with Gasteiger partial charge in [-0.3, -0.25) is 4.98 Å². The molecule has 1 aliphatic rings. The fourth-order valence-electron chi connectivity index (χ4n) is 3.57. The first-order valence-electron chi connectivity index (χ1n) is 9.25. The summed E-state index contributed by atoms with van der Waals surface area (Å²) in [6.45, 7) is 5.98. The molecule has 1 saturated heterocycles. The number of imidazole rings is 1. The third-order valence-electron chi connectivity index (χ3n) is 4.83. The molecule has 1 fully saturated rings. The quantitative estimate of drug-likeness (QED) is 0.562. The van der Waals surface area contributed by atoms with Crippen LogP contribution in [0, 0.1) is 0 Å². The van der Waals surface area contributed by atoms with E-state index < -0.39 is 17.4 Å². The Labute approximate surface area is 170 Å². The summed E-state index contributed by atoms with van der Waals surface area (Å²) in [6, 6.07) is 6.07. The van der Waals surface area contributed by atoms with E-state index >= 15 is 0 Å². The fraction of sp³-hybridized carbons (Fsp3) is 0.450. The molecule has 3 heterocycles. The maximum Gasteiger partial charge on any atom is 0.423 e. The summed E-state index contributed by atoms with van der Waals surface area (Å²) in [4.78, 5) is 32.3. The van der Waals surface area contributed by atoms with E-state index in [1.54, 1.807) is 20.8 Å². The van der Waals surface area contributed by atoms with Crippen molar-refractivity contribution in [2.24, 2.45) is 0 Å². The first-order chi connectivity index (χ1) is 13.2. The van der Waals surface area contributed by atoms with Crippen molar-refractivity contribution >= 4 is 44.0 Å². The number of halogens is 1. The van der Waals surface area contributed by atoms with Gasteiger partial charge in [0.2, 0.25) is 0 Å². The zero-order chi connectivity index (χ0) is 20.1. The van der Waals surface area contributed by atoms with E-state index in [1.807, 2.05) is 6.07 Å². The molecule has 2 atom stereocenters. The minimum absolute atomic E-state index is 0.0453. The van der Waals surface area contributed by atoms with Gasteiger partial charge < -0.3 is 14.5 Å². The monoisotopic (exact) mass is 447 g/mol. The van der Waals surface area contributed by atoms with Gasteiger partial charge in [-0.2, -0.15) is 4.57 Å². The van der Waals surface area contributed by atoms with Crippen molar-refractivity contribution in [1.29, 1.82) is 0 Å². The average molecular weight is 448 g/mol. The number of pyridine rings is 1. The maximum atomic E-state index is 12.5. The van der Waals surface area contributed by atoms with Crippen LogP contribution in [0.4, 0.5) is 4.79 Å². The number of nitrogens with zero attached hydrogens (tertiary/aromatic N) is 2. The van der Waals surface area contributed by atoms with Crippen LogP contribution in [0.1, 0.15) is 45.1 Å². The molecule has 0 aliphatic carbocycles. The van der Waals surface area contributed by atoms with Gasteiger partial charge in [-0.25, -0.2) is 9.59 Å². The Balaban J connectivity index is 1.83. The topological polar surface area (TPSA) is 86.2 Å². The lowest BCUT2D eigenvalue weighted by atomic mass is 9.91. The number of carbonyl (C=O) groups excluding carboxylic acids is 1. The van der Waals surface area contributed by atoms with E-state index in [9.17, 15) is 9.59 Å². The highest BCUT2D eigenvalue weighted by Gasteiger charge is 2.24. The van der Waals surface area contributed by atoms with Crippen molar-refractivity contribution in [2.75, 3.05) is 6.61 Å². The number of benzene rings is 1. The molecule has 0 amide bonds. The van der Waals surface area contributed by atoms with Gasteiger partial charge in [-0.15, -0.1) is 0 Å². The molecule has 2 aromatic heterocycles. The Kier molecular flexibility index (Phi) is 4.79. The fourth-order valence-corrected chi connectivity index (χ4v) is 4.20. The summed E-state index contributed by atoms with van der Waals surface area (Å²) >= 11 is 3.53. The summed E-state index contributed by atoms with van der Waals surface area (Å²) < 4.78 is 11.9. The molecule has 148 valence electrons. The minimum atomic E-state index is -0.715. The number of rotatable bonds is 1. The summed E-state index contributed by atoms with van der Waals surface area (Å²) in [7, 11) is 0. The molecule has 0 bridgehead atoms. The molecule has 1 aromatic carbocycles. The van der Waals surface area contributed by atoms with Crippen LogP contribution < -0.4 is 5.69 Å². The molecular weight excluding hydrogens is 426 g/mol. The van der Waals surface area contributed by atoms with Crippen LogP contribution in [0.5, 0.6) is 0 Å². The van der Waals surface area contributed by atoms with Crippen LogP contribution in [0.3, 0.4) is 0 Å². The number of hydrogen-bond donors (Lipinski definition) is 1. The van der Waals surface area contributed by atoms with Gasteiger partial charge >= 0.3 is 11.8 Å². The minimum Gasteiger partial charge on any atom is -0.443 e. The summed E-state index contributed by atoms with van der Waals surface area (Å²) in [5.74, 6) is 0.359. The van der Waals surface area contributed by atoms with Crippen molar-refractivity contribution < 1.29 is 14.3 Å². The largest absolute Gasteiger partial charge is 0.443 e. The van der Waals surface area contributed by atoms with Gasteiger partial charge in [0.1, 0.15) is 10.6 Å². The van der Waals surface area contributed by atoms with Gasteiger partial charge in [0.05, 0.1) is 22.7 Å². The second kappa shape index (κ2) is 7.00. The zero-order valence-corrected chi connectivity index (χ0v) is 17.6. The third kappa shape index (κ3) is 3.58. The van der Waals surface area contributed by atoms with Crippen molar-refractivity contribution in [3.63, 3.8) is 0 Å². The predicted molar refractivity (Wildman–Crippen MR) is 110 cm³/mol. The van der Waals surface area contributed by atoms with Gasteiger partial charge in [0, 0.05) is 12.0 Å². The number of aromatic nitrogens is 3. The van der Waals surface area contributed by atoms with Gasteiger partial charge in [0.15, 0.2) is 0 Å². The summed E-state index contributed by atoms with van der Waals surface area (Å²) in [5.41, 5.74) is 1.69. The molecule has 2 unspecified atom stereocenters. The number of nitrogens with one attached hydrogen (secondary N) is 1. The Bertz CT molecular complexity index is 1110. The predicted octanol–water partition coefficient (Wildman–Crippen LogP) is 4.28. The number of carbonyl (C=O) groups is 1. The van der Waals surface area contributed by atoms with Crippen molar-refractivity contribution in [2.45, 2.75) is 50.1 Å². The third-order valence-corrected chi connectivity index (χ3v) is 5.47. The lowest BCUT2D eigenvalue weighted by Gasteiger charge is -2.26. The van der Waals surface area contributed by atoms with E-state index in [1.165, 1.54) is 11.8 Å². The van der Waals surface area contributed by atoms with Crippen LogP contribution in [0.15, 0.2) is 29.2 Å². The average Bonchev–Trinajstić information content (AvgIpc) is 2.96. The van der Waals surface area contributed by atoms with Crippen molar-refractivity contribution in [1.82, 2.24) is 14.5 Å². The molecule has 8 heteroatoms. The second-order valence-electron chi connectivity index (χ2n) is 8.04. The highest BCUT2D eigenvalue weighted by molar-refractivity contribution is 9.09. The zero-order valence-electron chi connectivity index (χ0n) is 16.0. The molecule has 7 nitrogen and oxygen atoms in total. The van der Waals surface area contributed by atoms with Crippen LogP contribution in [0.25, 0.3) is 21.9 Å². The molecule has 0 spiro atoms. The van der Waals surface area contributed by atoms with Crippen LogP contribution in [-0.2, 0) is 9.47 Å². The highest BCUT2D eigenvalue weighted by atomic mass is 79.9. The smallest absolute Gasteiger partial charge is 0.423 e. The summed E-state index contributed by atoms with van der Waals surface area (Å²) in [5, 5.41) is 0.857. The van der Waals surface area contributed by atoms with E-state index in [2.05, 4.69) is 38.0 Å². The van der Waals surface area contributed by atoms with Crippen molar-refractivity contribution in [3.8, 4) is 0 Å². The van der Waals surface area contributed by atoms with E-state index in [0.29, 0.717) is 23.6 Å². The Morgan fingerprint density at radius 2 is 2.18 bits per heavy atom. The van der Waals surface area contributed by atoms with E-state index in [-0.39, 0.29) is 5.01 Å². The number of alkyl halides is 1. The Morgan fingerprint density at radius 3 is 2.89 bits per heavy atom. The Morgan fingerprint density at radius 1 is 1.39 bits per heavy atom. The SMILES string of the molecule is CC(C)(C)OC(=O)n1c(=O)[nH]c2c3cc(C4CCOC(Br)C4)ccc3ncc21. The first-order valence-corrected chi connectivity index (χ1v) is 10.2. The first kappa shape index (κ1) is 19.1. The summed E-state index contributed by atoms with van der Waals surface area (Å²) in [6.07, 6.45) is 2.63. The van der Waals surface area contributed by atoms with Gasteiger partial charge in [0.25, 0.3) is 0 Å². The molecule has 1 N–H and O–H groups in total. The van der Waals surface area contributed by atoms with E-state index in [4.69, 9.17) is 9.47 Å². The van der Waals surface area contributed by atoms with Gasteiger partial charge in [-0.1, -0.05) is 22.0 Å². The molecular formula is C20H22BrN3O4. The molecule has 3 aromatic rings. The molecule has 1 aliphatic heterocycles. The van der Waals surface area contributed by atoms with Gasteiger partial charge in [-0.05, 0) is 57.2 Å². The standard InChI is InChI=1S/C20H22BrN3O4/c1-20(2,3)28-19(26)24-15-10-22-14-5-4-11(12-6-7-27-16(21)9-12)8-13(14)17(15)23-18(24)25/h4-5,8,10,12,16H,6-7,9H2,1-3H3,(H,23,25). The number of ether oxygens (including phenoxy) is 2. The molecule has 0 radical (unpaired) electrons. The lowest BCUT2D eigenvalue weighted by Crippen LogP contribution is -2.32. The number of aromatic amines is 1. The lowest BCUT2D eigenvalue weighted by molar-refractivity contribution is 0.0538. The van der Waals surface area contributed by atoms with Crippen LogP contribution in [0.2, 0.25) is 0 Å². The normalized spacial score (nSPS) is 20.6. The maximum absolute atomic E-state index is 12.5. The molecule has 4 rings (SSSR count). The highest BCUT2D eigenvalue weighted by Crippen LogP contribution is 2.34. The molecule has 28 heavy (non-hydrogen) atoms.